The van der Waals surface area contributed by atoms with Crippen LogP contribution in [0.1, 0.15) is 44.9 Å². The minimum atomic E-state index is -3.27. The quantitative estimate of drug-likeness (QED) is 0.833. The van der Waals surface area contributed by atoms with Gasteiger partial charge in [0, 0.05) is 32.2 Å². The van der Waals surface area contributed by atoms with Gasteiger partial charge in [-0.15, -0.1) is 0 Å². The van der Waals surface area contributed by atoms with Crippen LogP contribution >= 0.6 is 0 Å². The molecule has 2 aliphatic rings. The summed E-state index contributed by atoms with van der Waals surface area (Å²) in [6.07, 6.45) is 7.09. The summed E-state index contributed by atoms with van der Waals surface area (Å²) in [7, 11) is -1.54. The van der Waals surface area contributed by atoms with E-state index in [0.717, 1.165) is 38.5 Å². The van der Waals surface area contributed by atoms with Gasteiger partial charge in [0.1, 0.15) is 0 Å². The molecule has 106 valence electrons. The lowest BCUT2D eigenvalue weighted by atomic mass is 9.96. The van der Waals surface area contributed by atoms with E-state index in [4.69, 9.17) is 5.73 Å². The topological polar surface area (TPSA) is 66.6 Å². The smallest absolute Gasteiger partial charge is 0.281 e. The van der Waals surface area contributed by atoms with Crippen molar-refractivity contribution in [1.82, 2.24) is 8.61 Å². The summed E-state index contributed by atoms with van der Waals surface area (Å²) < 4.78 is 28.2. The van der Waals surface area contributed by atoms with Crippen LogP contribution < -0.4 is 5.73 Å². The second-order valence-electron chi connectivity index (χ2n) is 5.55. The van der Waals surface area contributed by atoms with Gasteiger partial charge in [0.15, 0.2) is 0 Å². The maximum absolute atomic E-state index is 12.5. The van der Waals surface area contributed by atoms with E-state index < -0.39 is 10.2 Å². The Morgan fingerprint density at radius 3 is 2.17 bits per heavy atom. The van der Waals surface area contributed by atoms with Crippen molar-refractivity contribution in [2.45, 2.75) is 57.0 Å². The van der Waals surface area contributed by atoms with Crippen molar-refractivity contribution in [3.8, 4) is 0 Å². The Bertz CT molecular complexity index is 358. The zero-order valence-corrected chi connectivity index (χ0v) is 12.0. The summed E-state index contributed by atoms with van der Waals surface area (Å²) in [4.78, 5) is 0. The molecule has 0 aromatic rings. The molecule has 1 saturated carbocycles. The number of hydrogen-bond donors (Lipinski definition) is 1. The Hall–Kier alpha value is -0.170. The molecule has 0 unspecified atom stereocenters. The van der Waals surface area contributed by atoms with Crippen LogP contribution in [0.4, 0.5) is 0 Å². The third kappa shape index (κ3) is 3.04. The van der Waals surface area contributed by atoms with E-state index in [-0.39, 0.29) is 12.1 Å². The minimum absolute atomic E-state index is 0.163. The summed E-state index contributed by atoms with van der Waals surface area (Å²) in [6, 6.07) is 0.357. The van der Waals surface area contributed by atoms with Crippen molar-refractivity contribution in [3.63, 3.8) is 0 Å². The van der Waals surface area contributed by atoms with Crippen LogP contribution in [-0.2, 0) is 10.2 Å². The Kier molecular flexibility index (Phi) is 4.64. The van der Waals surface area contributed by atoms with Crippen molar-refractivity contribution in [2.75, 3.05) is 20.1 Å². The molecule has 0 aromatic carbocycles. The molecule has 0 radical (unpaired) electrons. The standard InChI is InChI=1S/C12H25N3O2S/c1-14(12-5-3-2-4-6-12)18(16,17)15-9-7-11(13)8-10-15/h11-12H,2-10,13H2,1H3. The van der Waals surface area contributed by atoms with Crippen LogP contribution in [0.15, 0.2) is 0 Å². The van der Waals surface area contributed by atoms with E-state index in [1.165, 1.54) is 6.42 Å². The fourth-order valence-electron chi connectivity index (χ4n) is 2.92. The average Bonchev–Trinajstić information content (AvgIpc) is 2.39. The predicted octanol–water partition coefficient (Wildman–Crippen LogP) is 0.919. The molecule has 0 spiro atoms. The van der Waals surface area contributed by atoms with Crippen molar-refractivity contribution >= 4 is 10.2 Å². The lowest BCUT2D eigenvalue weighted by molar-refractivity contribution is 0.246. The highest BCUT2D eigenvalue weighted by Crippen LogP contribution is 2.25. The normalized spacial score (nSPS) is 25.7. The van der Waals surface area contributed by atoms with Gasteiger partial charge in [-0.25, -0.2) is 0 Å². The fourth-order valence-corrected chi connectivity index (χ4v) is 4.55. The first-order chi connectivity index (χ1) is 8.51. The second-order valence-corrected chi connectivity index (χ2v) is 7.54. The Balaban J connectivity index is 2.00. The van der Waals surface area contributed by atoms with E-state index in [1.807, 2.05) is 0 Å². The number of rotatable bonds is 3. The number of hydrogen-bond acceptors (Lipinski definition) is 3. The molecule has 0 bridgehead atoms. The molecule has 1 saturated heterocycles. The summed E-state index contributed by atoms with van der Waals surface area (Å²) >= 11 is 0. The van der Waals surface area contributed by atoms with E-state index in [9.17, 15) is 8.42 Å². The Morgan fingerprint density at radius 1 is 1.06 bits per heavy atom. The fraction of sp³-hybridized carbons (Fsp3) is 1.00. The molecule has 18 heavy (non-hydrogen) atoms. The molecule has 6 heteroatoms. The van der Waals surface area contributed by atoms with Crippen LogP contribution in [0, 0.1) is 0 Å². The van der Waals surface area contributed by atoms with Crippen LogP contribution in [0.25, 0.3) is 0 Å². The lowest BCUT2D eigenvalue weighted by Gasteiger charge is -2.36. The molecule has 0 aromatic heterocycles. The Morgan fingerprint density at radius 2 is 1.61 bits per heavy atom. The van der Waals surface area contributed by atoms with Gasteiger partial charge < -0.3 is 5.73 Å². The van der Waals surface area contributed by atoms with Gasteiger partial charge in [-0.3, -0.25) is 0 Å². The summed E-state index contributed by atoms with van der Waals surface area (Å²) in [6.45, 7) is 1.14. The molecule has 2 fully saturated rings. The van der Waals surface area contributed by atoms with E-state index in [0.29, 0.717) is 13.1 Å². The van der Waals surface area contributed by atoms with Crippen molar-refractivity contribution in [3.05, 3.63) is 0 Å². The number of piperidine rings is 1. The SMILES string of the molecule is CN(C1CCCCC1)S(=O)(=O)N1CCC(N)CC1. The second kappa shape index (κ2) is 5.86. The zero-order chi connectivity index (χ0) is 13.2. The summed E-state index contributed by atoms with van der Waals surface area (Å²) in [5.74, 6) is 0. The van der Waals surface area contributed by atoms with Crippen LogP contribution in [-0.4, -0.2) is 49.2 Å². The predicted molar refractivity (Wildman–Crippen MR) is 72.3 cm³/mol. The van der Waals surface area contributed by atoms with Gasteiger partial charge in [0.2, 0.25) is 0 Å². The number of nitrogens with two attached hydrogens (primary N) is 1. The zero-order valence-electron chi connectivity index (χ0n) is 11.2. The van der Waals surface area contributed by atoms with Gasteiger partial charge in [-0.2, -0.15) is 17.0 Å². The lowest BCUT2D eigenvalue weighted by Crippen LogP contribution is -2.51. The van der Waals surface area contributed by atoms with Gasteiger partial charge in [-0.1, -0.05) is 19.3 Å². The van der Waals surface area contributed by atoms with Crippen molar-refractivity contribution in [2.24, 2.45) is 5.73 Å². The summed E-state index contributed by atoms with van der Waals surface area (Å²) in [5, 5.41) is 0. The molecule has 1 heterocycles. The van der Waals surface area contributed by atoms with Crippen LogP contribution in [0.2, 0.25) is 0 Å². The molecular formula is C12H25N3O2S. The van der Waals surface area contributed by atoms with E-state index in [2.05, 4.69) is 0 Å². The first-order valence-corrected chi connectivity index (χ1v) is 8.40. The molecule has 1 aliphatic carbocycles. The van der Waals surface area contributed by atoms with Gasteiger partial charge in [0.05, 0.1) is 0 Å². The average molecular weight is 275 g/mol. The van der Waals surface area contributed by atoms with E-state index >= 15 is 0 Å². The van der Waals surface area contributed by atoms with Gasteiger partial charge in [0.25, 0.3) is 10.2 Å². The maximum atomic E-state index is 12.5. The molecule has 1 aliphatic heterocycles. The third-order valence-corrected chi connectivity index (χ3v) is 6.32. The highest BCUT2D eigenvalue weighted by Gasteiger charge is 2.34. The van der Waals surface area contributed by atoms with Gasteiger partial charge >= 0.3 is 0 Å². The van der Waals surface area contributed by atoms with Gasteiger partial charge in [-0.05, 0) is 25.7 Å². The maximum Gasteiger partial charge on any atom is 0.281 e. The molecule has 5 nitrogen and oxygen atoms in total. The molecule has 0 atom stereocenters. The minimum Gasteiger partial charge on any atom is -0.328 e. The highest BCUT2D eigenvalue weighted by atomic mass is 32.2. The van der Waals surface area contributed by atoms with Crippen molar-refractivity contribution in [1.29, 1.82) is 0 Å². The highest BCUT2D eigenvalue weighted by molar-refractivity contribution is 7.86. The Labute approximate surface area is 110 Å². The van der Waals surface area contributed by atoms with Crippen LogP contribution in [0.5, 0.6) is 0 Å². The van der Waals surface area contributed by atoms with E-state index in [1.54, 1.807) is 15.7 Å². The van der Waals surface area contributed by atoms with Crippen molar-refractivity contribution < 1.29 is 8.42 Å². The third-order valence-electron chi connectivity index (χ3n) is 4.28. The molecule has 2 rings (SSSR count). The monoisotopic (exact) mass is 275 g/mol. The number of nitrogens with zero attached hydrogens (tertiary/aromatic N) is 2. The summed E-state index contributed by atoms with van der Waals surface area (Å²) in [5.41, 5.74) is 5.82. The molecule has 2 N–H and O–H groups in total. The van der Waals surface area contributed by atoms with Crippen LogP contribution in [0.3, 0.4) is 0 Å². The molecular weight excluding hydrogens is 250 g/mol. The molecule has 0 amide bonds. The first kappa shape index (κ1) is 14.2. The first-order valence-electron chi connectivity index (χ1n) is 7.00. The largest absolute Gasteiger partial charge is 0.328 e.